The van der Waals surface area contributed by atoms with E-state index >= 15 is 0 Å². The van der Waals surface area contributed by atoms with Crippen molar-refractivity contribution in [2.75, 3.05) is 13.2 Å². The number of unbranched alkanes of at least 4 members (excludes halogenated alkanes) is 15. The van der Waals surface area contributed by atoms with Crippen molar-refractivity contribution in [1.82, 2.24) is 5.32 Å². The summed E-state index contributed by atoms with van der Waals surface area (Å²) in [5.74, 6) is -0.163. The van der Waals surface area contributed by atoms with E-state index in [2.05, 4.69) is 129 Å². The van der Waals surface area contributed by atoms with E-state index in [9.17, 15) is 30.3 Å². The van der Waals surface area contributed by atoms with E-state index in [1.807, 2.05) is 0 Å². The van der Waals surface area contributed by atoms with Crippen molar-refractivity contribution >= 4 is 5.91 Å². The number of carbonyl (C=O) groups excluding carboxylic acids is 1. The van der Waals surface area contributed by atoms with Gasteiger partial charge in [0, 0.05) is 6.42 Å². The molecule has 1 fully saturated rings. The smallest absolute Gasteiger partial charge is 0.220 e. The largest absolute Gasteiger partial charge is 0.394 e. The molecule has 1 heterocycles. The molecule has 0 bridgehead atoms. The van der Waals surface area contributed by atoms with Crippen LogP contribution in [0.1, 0.15) is 194 Å². The van der Waals surface area contributed by atoms with E-state index in [1.54, 1.807) is 0 Å². The van der Waals surface area contributed by atoms with Gasteiger partial charge in [0.2, 0.25) is 5.91 Å². The minimum Gasteiger partial charge on any atom is -0.394 e. The minimum atomic E-state index is -1.56. The first-order valence-corrected chi connectivity index (χ1v) is 26.6. The number of rotatable bonds is 43. The molecule has 0 aromatic heterocycles. The summed E-state index contributed by atoms with van der Waals surface area (Å²) in [7, 11) is 0. The van der Waals surface area contributed by atoms with Crippen molar-refractivity contribution in [1.29, 1.82) is 0 Å². The zero-order valence-corrected chi connectivity index (χ0v) is 42.1. The summed E-state index contributed by atoms with van der Waals surface area (Å²) in [6, 6.07) is -0.730. The van der Waals surface area contributed by atoms with E-state index in [-0.39, 0.29) is 12.5 Å². The number of amides is 1. The molecule has 9 nitrogen and oxygen atoms in total. The number of allylic oxidation sites excluding steroid dienone is 18. The standard InChI is InChI=1S/C58H97NO8/c1-3-5-7-9-11-13-14-15-16-17-18-19-20-21-22-23-24-25-26-27-28-29-30-31-32-33-34-35-36-37-38-40-42-44-46-48-54(62)59-51(52(61)47-45-43-41-39-12-10-8-6-4-2)50-66-58-57(65)56(64)55(63)53(49-60)67-58/h5,7,11,13,15-16,18-19,21-22,24-25,27-28,30-31,33-34,51-53,55-58,60-61,63-65H,3-4,6,8-10,12,14,17,20,23,26,29,32,35-50H2,1-2H3,(H,59,62)/b7-5-,13-11-,16-15-,19-18-,22-21-,25-24-,28-27-,31-30-,34-33-. The molecule has 0 aromatic rings. The Morgan fingerprint density at radius 1 is 0.522 bits per heavy atom. The molecule has 67 heavy (non-hydrogen) atoms. The predicted molar refractivity (Wildman–Crippen MR) is 281 cm³/mol. The fourth-order valence-corrected chi connectivity index (χ4v) is 7.68. The normalized spacial score (nSPS) is 20.6. The lowest BCUT2D eigenvalue weighted by Crippen LogP contribution is -2.60. The van der Waals surface area contributed by atoms with Crippen LogP contribution in [0, 0.1) is 0 Å². The molecule has 382 valence electrons. The van der Waals surface area contributed by atoms with Gasteiger partial charge in [-0.25, -0.2) is 0 Å². The molecule has 7 atom stereocenters. The van der Waals surface area contributed by atoms with Crippen LogP contribution in [0.25, 0.3) is 0 Å². The first-order valence-electron chi connectivity index (χ1n) is 26.6. The van der Waals surface area contributed by atoms with E-state index in [0.717, 1.165) is 109 Å². The predicted octanol–water partition coefficient (Wildman–Crippen LogP) is 12.6. The van der Waals surface area contributed by atoms with Crippen molar-refractivity contribution in [2.24, 2.45) is 0 Å². The maximum Gasteiger partial charge on any atom is 0.220 e. The first-order chi connectivity index (χ1) is 32.8. The number of aliphatic hydroxyl groups excluding tert-OH is 5. The van der Waals surface area contributed by atoms with Crippen LogP contribution in [0.15, 0.2) is 109 Å². The first kappa shape index (κ1) is 61.9. The quantitative estimate of drug-likeness (QED) is 0.0261. The summed E-state index contributed by atoms with van der Waals surface area (Å²) in [4.78, 5) is 13.0. The molecule has 0 radical (unpaired) electrons. The number of hydrogen-bond acceptors (Lipinski definition) is 8. The van der Waals surface area contributed by atoms with Gasteiger partial charge in [-0.1, -0.05) is 213 Å². The van der Waals surface area contributed by atoms with Crippen LogP contribution in [0.2, 0.25) is 0 Å². The van der Waals surface area contributed by atoms with Gasteiger partial charge >= 0.3 is 0 Å². The van der Waals surface area contributed by atoms with E-state index < -0.39 is 49.5 Å². The Hall–Kier alpha value is -3.15. The summed E-state index contributed by atoms with van der Waals surface area (Å²) in [6.07, 6.45) is 61.2. The number of carbonyl (C=O) groups is 1. The molecule has 1 saturated heterocycles. The molecule has 7 unspecified atom stereocenters. The van der Waals surface area contributed by atoms with Crippen LogP contribution in [0.3, 0.4) is 0 Å². The Kier molecular flexibility index (Phi) is 43.0. The summed E-state index contributed by atoms with van der Waals surface area (Å²) in [5.41, 5.74) is 0. The van der Waals surface area contributed by atoms with Crippen molar-refractivity contribution in [2.45, 2.75) is 236 Å². The third-order valence-corrected chi connectivity index (χ3v) is 11.9. The van der Waals surface area contributed by atoms with Gasteiger partial charge in [-0.2, -0.15) is 0 Å². The molecule has 0 spiro atoms. The van der Waals surface area contributed by atoms with Gasteiger partial charge in [0.25, 0.3) is 0 Å². The molecule has 1 amide bonds. The molecule has 0 aliphatic carbocycles. The fraction of sp³-hybridized carbons (Fsp3) is 0.672. The summed E-state index contributed by atoms with van der Waals surface area (Å²) in [5, 5.41) is 54.3. The SMILES string of the molecule is CC/C=C\C/C=C\C/C=C\C/C=C\C/C=C\C/C=C\C/C=C\C/C=C\C/C=C\CCCCCCCCCC(=O)NC(COC1OC(CO)C(O)C(O)C1O)C(O)CCCCCCCCCCC. The van der Waals surface area contributed by atoms with Gasteiger partial charge in [-0.05, 0) is 83.5 Å². The van der Waals surface area contributed by atoms with Gasteiger partial charge in [-0.3, -0.25) is 4.79 Å². The fourth-order valence-electron chi connectivity index (χ4n) is 7.68. The summed E-state index contributed by atoms with van der Waals surface area (Å²) in [6.45, 7) is 3.67. The summed E-state index contributed by atoms with van der Waals surface area (Å²) < 4.78 is 11.2. The average molecular weight is 936 g/mol. The van der Waals surface area contributed by atoms with Gasteiger partial charge in [0.05, 0.1) is 25.4 Å². The highest BCUT2D eigenvalue weighted by Gasteiger charge is 2.44. The maximum absolute atomic E-state index is 13.0. The van der Waals surface area contributed by atoms with Crippen molar-refractivity contribution in [3.05, 3.63) is 109 Å². The molecular weight excluding hydrogens is 839 g/mol. The molecular formula is C58H97NO8. The second kappa shape index (κ2) is 46.6. The minimum absolute atomic E-state index is 0.149. The number of ether oxygens (including phenoxy) is 2. The van der Waals surface area contributed by atoms with Crippen LogP contribution in [-0.4, -0.2) is 87.5 Å². The zero-order chi connectivity index (χ0) is 48.7. The third-order valence-electron chi connectivity index (χ3n) is 11.9. The van der Waals surface area contributed by atoms with Gasteiger partial charge in [0.15, 0.2) is 6.29 Å². The van der Waals surface area contributed by atoms with Gasteiger partial charge < -0.3 is 40.3 Å². The summed E-state index contributed by atoms with van der Waals surface area (Å²) >= 11 is 0. The van der Waals surface area contributed by atoms with Crippen LogP contribution < -0.4 is 5.32 Å². The lowest BCUT2D eigenvalue weighted by molar-refractivity contribution is -0.302. The second-order valence-electron chi connectivity index (χ2n) is 17.9. The van der Waals surface area contributed by atoms with E-state index in [4.69, 9.17) is 9.47 Å². The number of hydrogen-bond donors (Lipinski definition) is 6. The molecule has 1 aliphatic rings. The van der Waals surface area contributed by atoms with E-state index in [0.29, 0.717) is 12.8 Å². The highest BCUT2D eigenvalue weighted by atomic mass is 16.7. The highest BCUT2D eigenvalue weighted by Crippen LogP contribution is 2.23. The Morgan fingerprint density at radius 3 is 1.37 bits per heavy atom. The lowest BCUT2D eigenvalue weighted by atomic mass is 9.99. The van der Waals surface area contributed by atoms with Gasteiger partial charge in [0.1, 0.15) is 24.4 Å². The second-order valence-corrected chi connectivity index (χ2v) is 17.9. The van der Waals surface area contributed by atoms with Crippen LogP contribution in [-0.2, 0) is 14.3 Å². The molecule has 1 aliphatic heterocycles. The molecule has 1 rings (SSSR count). The van der Waals surface area contributed by atoms with E-state index in [1.165, 1.54) is 57.8 Å². The molecule has 6 N–H and O–H groups in total. The van der Waals surface area contributed by atoms with Crippen LogP contribution in [0.4, 0.5) is 0 Å². The number of aliphatic hydroxyl groups is 5. The maximum atomic E-state index is 13.0. The van der Waals surface area contributed by atoms with Crippen molar-refractivity contribution in [3.8, 4) is 0 Å². The Morgan fingerprint density at radius 2 is 0.925 bits per heavy atom. The lowest BCUT2D eigenvalue weighted by Gasteiger charge is -2.40. The highest BCUT2D eigenvalue weighted by molar-refractivity contribution is 5.76. The average Bonchev–Trinajstić information content (AvgIpc) is 3.33. The zero-order valence-electron chi connectivity index (χ0n) is 42.1. The van der Waals surface area contributed by atoms with Gasteiger partial charge in [-0.15, -0.1) is 0 Å². The number of nitrogens with one attached hydrogen (secondary N) is 1. The molecule has 9 heteroatoms. The third kappa shape index (κ3) is 36.5. The Bertz CT molecular complexity index is 1410. The Labute approximate surface area is 408 Å². The van der Waals surface area contributed by atoms with Crippen LogP contribution >= 0.6 is 0 Å². The topological polar surface area (TPSA) is 149 Å². The Balaban J connectivity index is 2.16. The van der Waals surface area contributed by atoms with Crippen LogP contribution in [0.5, 0.6) is 0 Å². The van der Waals surface area contributed by atoms with Crippen molar-refractivity contribution < 1.29 is 39.8 Å². The monoisotopic (exact) mass is 936 g/mol. The molecule has 0 saturated carbocycles. The van der Waals surface area contributed by atoms with Crippen molar-refractivity contribution in [3.63, 3.8) is 0 Å². The molecule has 0 aromatic carbocycles.